The van der Waals surface area contributed by atoms with Crippen LogP contribution in [-0.4, -0.2) is 37.8 Å². The molecule has 0 radical (unpaired) electrons. The van der Waals surface area contributed by atoms with Crippen LogP contribution in [0.2, 0.25) is 0 Å². The van der Waals surface area contributed by atoms with Crippen LogP contribution in [0.3, 0.4) is 0 Å². The summed E-state index contributed by atoms with van der Waals surface area (Å²) >= 11 is 0. The largest absolute Gasteiger partial charge is 0.478 e. The van der Waals surface area contributed by atoms with Crippen LogP contribution in [0, 0.1) is 6.92 Å². The second kappa shape index (κ2) is 5.48. The number of rotatable bonds is 3. The van der Waals surface area contributed by atoms with Gasteiger partial charge < -0.3 is 10.4 Å². The topological polar surface area (TPSA) is 79.3 Å². The van der Waals surface area contributed by atoms with Crippen LogP contribution in [0.25, 0.3) is 0 Å². The lowest BCUT2D eigenvalue weighted by Crippen LogP contribution is -2.30. The molecule has 0 amide bonds. The van der Waals surface area contributed by atoms with Crippen molar-refractivity contribution in [2.24, 2.45) is 0 Å². The average Bonchev–Trinajstić information content (AvgIpc) is 2.32. The Bertz CT molecular complexity index is 480. The summed E-state index contributed by atoms with van der Waals surface area (Å²) in [6.45, 7) is 1.83. The van der Waals surface area contributed by atoms with E-state index in [1.54, 1.807) is 12.1 Å². The molecule has 1 fully saturated rings. The summed E-state index contributed by atoms with van der Waals surface area (Å²) in [5.74, 6) is 0.780. The first-order valence-corrected chi connectivity index (χ1v) is 7.37. The zero-order valence-corrected chi connectivity index (χ0v) is 11.0. The number of aromatic carboxylic acids is 1. The zero-order chi connectivity index (χ0) is 13.1. The van der Waals surface area contributed by atoms with Crippen LogP contribution in [0.4, 0.5) is 5.82 Å². The lowest BCUT2D eigenvalue weighted by molar-refractivity contribution is 0.0697. The first kappa shape index (κ1) is 13.0. The predicted molar refractivity (Wildman–Crippen MR) is 70.5 cm³/mol. The Hall–Kier alpha value is -1.43. The highest BCUT2D eigenvalue weighted by molar-refractivity contribution is 7.85. The van der Waals surface area contributed by atoms with Crippen molar-refractivity contribution in [3.63, 3.8) is 0 Å². The second-order valence-corrected chi connectivity index (χ2v) is 6.12. The summed E-state index contributed by atoms with van der Waals surface area (Å²) in [7, 11) is -0.714. The van der Waals surface area contributed by atoms with E-state index >= 15 is 0 Å². The fourth-order valence-corrected chi connectivity index (χ4v) is 3.27. The monoisotopic (exact) mass is 268 g/mol. The van der Waals surface area contributed by atoms with Crippen molar-refractivity contribution in [1.82, 2.24) is 4.98 Å². The van der Waals surface area contributed by atoms with Crippen molar-refractivity contribution in [3.8, 4) is 0 Å². The Morgan fingerprint density at radius 3 is 2.72 bits per heavy atom. The summed E-state index contributed by atoms with van der Waals surface area (Å²) < 4.78 is 11.3. The van der Waals surface area contributed by atoms with Crippen LogP contribution in [0.15, 0.2) is 12.1 Å². The minimum absolute atomic E-state index is 0.162. The van der Waals surface area contributed by atoms with Gasteiger partial charge in [-0.2, -0.15) is 0 Å². The van der Waals surface area contributed by atoms with Crippen LogP contribution < -0.4 is 5.32 Å². The number of nitrogens with one attached hydrogen (secondary N) is 1. The summed E-state index contributed by atoms with van der Waals surface area (Å²) in [6, 6.07) is 3.41. The number of carboxylic acids is 1. The van der Waals surface area contributed by atoms with Gasteiger partial charge in [-0.05, 0) is 31.9 Å². The van der Waals surface area contributed by atoms with E-state index in [9.17, 15) is 9.00 Å². The van der Waals surface area contributed by atoms with E-state index in [2.05, 4.69) is 10.3 Å². The van der Waals surface area contributed by atoms with Crippen LogP contribution in [-0.2, 0) is 10.8 Å². The van der Waals surface area contributed by atoms with Crippen LogP contribution in [0.1, 0.15) is 28.9 Å². The number of pyridine rings is 1. The van der Waals surface area contributed by atoms with Crippen molar-refractivity contribution in [2.75, 3.05) is 16.8 Å². The molecule has 0 aromatic carbocycles. The predicted octanol–water partition coefficient (Wildman–Crippen LogP) is 1.41. The average molecular weight is 268 g/mol. The van der Waals surface area contributed by atoms with Gasteiger partial charge in [-0.25, -0.2) is 9.78 Å². The third-order valence-corrected chi connectivity index (χ3v) is 4.38. The zero-order valence-electron chi connectivity index (χ0n) is 10.2. The van der Waals surface area contributed by atoms with Crippen molar-refractivity contribution >= 4 is 22.6 Å². The first-order valence-electron chi connectivity index (χ1n) is 5.88. The van der Waals surface area contributed by atoms with Gasteiger partial charge in [0, 0.05) is 34.0 Å². The molecule has 1 aliphatic heterocycles. The summed E-state index contributed by atoms with van der Waals surface area (Å²) in [5.41, 5.74) is 0.967. The van der Waals surface area contributed by atoms with E-state index in [1.165, 1.54) is 0 Å². The normalized spacial score (nSPS) is 23.6. The molecule has 2 rings (SSSR count). The molecule has 0 atom stereocenters. The highest BCUT2D eigenvalue weighted by atomic mass is 32.2. The number of hydrogen-bond acceptors (Lipinski definition) is 4. The third-order valence-electron chi connectivity index (χ3n) is 2.99. The molecule has 0 unspecified atom stereocenters. The molecule has 1 saturated heterocycles. The Morgan fingerprint density at radius 1 is 1.44 bits per heavy atom. The molecule has 1 aromatic heterocycles. The lowest BCUT2D eigenvalue weighted by atomic mass is 10.1. The summed E-state index contributed by atoms with van der Waals surface area (Å²) in [6.07, 6.45) is 1.59. The molecule has 0 spiro atoms. The maximum Gasteiger partial charge on any atom is 0.339 e. The third kappa shape index (κ3) is 3.07. The van der Waals surface area contributed by atoms with Gasteiger partial charge in [-0.15, -0.1) is 0 Å². The van der Waals surface area contributed by atoms with E-state index in [4.69, 9.17) is 5.11 Å². The van der Waals surface area contributed by atoms with E-state index in [0.29, 0.717) is 17.3 Å². The van der Waals surface area contributed by atoms with Gasteiger partial charge in [0.25, 0.3) is 0 Å². The van der Waals surface area contributed by atoms with Gasteiger partial charge in [-0.3, -0.25) is 4.21 Å². The number of aromatic nitrogens is 1. The maximum atomic E-state index is 11.3. The fourth-order valence-electron chi connectivity index (χ4n) is 1.97. The molecule has 5 nitrogen and oxygen atoms in total. The molecular weight excluding hydrogens is 252 g/mol. The molecule has 2 N–H and O–H groups in total. The number of nitrogens with zero attached hydrogens (tertiary/aromatic N) is 1. The molecule has 1 aromatic rings. The van der Waals surface area contributed by atoms with Gasteiger partial charge in [0.05, 0.1) is 0 Å². The first-order chi connectivity index (χ1) is 8.56. The summed E-state index contributed by atoms with van der Waals surface area (Å²) in [4.78, 5) is 15.3. The molecular formula is C12H16N2O3S. The van der Waals surface area contributed by atoms with Crippen molar-refractivity contribution in [3.05, 3.63) is 23.4 Å². The number of carboxylic acid groups (broad SMARTS) is 1. The smallest absolute Gasteiger partial charge is 0.339 e. The SMILES string of the molecule is Cc1ccc(C(=O)O)c(NC2CCS(=O)CC2)n1. The second-order valence-electron chi connectivity index (χ2n) is 4.42. The van der Waals surface area contributed by atoms with Gasteiger partial charge in [0.15, 0.2) is 0 Å². The van der Waals surface area contributed by atoms with Gasteiger partial charge in [-0.1, -0.05) is 0 Å². The minimum Gasteiger partial charge on any atom is -0.478 e. The van der Waals surface area contributed by atoms with Crippen LogP contribution >= 0.6 is 0 Å². The highest BCUT2D eigenvalue weighted by Crippen LogP contribution is 2.19. The maximum absolute atomic E-state index is 11.3. The molecule has 0 aliphatic carbocycles. The minimum atomic E-state index is -0.982. The lowest BCUT2D eigenvalue weighted by Gasteiger charge is -2.23. The quantitative estimate of drug-likeness (QED) is 0.866. The number of hydrogen-bond donors (Lipinski definition) is 2. The van der Waals surface area contributed by atoms with Gasteiger partial charge in [0.1, 0.15) is 11.4 Å². The molecule has 98 valence electrons. The molecule has 1 aliphatic rings. The Balaban J connectivity index is 2.15. The van der Waals surface area contributed by atoms with E-state index < -0.39 is 16.8 Å². The fraction of sp³-hybridized carbons (Fsp3) is 0.500. The highest BCUT2D eigenvalue weighted by Gasteiger charge is 2.20. The van der Waals surface area contributed by atoms with Gasteiger partial charge in [0.2, 0.25) is 0 Å². The Morgan fingerprint density at radius 2 is 2.11 bits per heavy atom. The summed E-state index contributed by atoms with van der Waals surface area (Å²) in [5, 5.41) is 12.3. The standard InChI is InChI=1S/C12H16N2O3S/c1-8-2-3-10(12(15)16)11(13-8)14-9-4-6-18(17)7-5-9/h2-3,9H,4-7H2,1H3,(H,13,14)(H,15,16). The van der Waals surface area contributed by atoms with E-state index in [1.807, 2.05) is 6.92 Å². The molecule has 18 heavy (non-hydrogen) atoms. The molecule has 6 heteroatoms. The molecule has 0 bridgehead atoms. The van der Waals surface area contributed by atoms with E-state index in [-0.39, 0.29) is 11.6 Å². The van der Waals surface area contributed by atoms with Crippen molar-refractivity contribution < 1.29 is 14.1 Å². The van der Waals surface area contributed by atoms with E-state index in [0.717, 1.165) is 18.5 Å². The number of aryl methyl sites for hydroxylation is 1. The van der Waals surface area contributed by atoms with Gasteiger partial charge >= 0.3 is 5.97 Å². The van der Waals surface area contributed by atoms with Crippen LogP contribution in [0.5, 0.6) is 0 Å². The Labute approximate surface area is 108 Å². The number of carbonyl (C=O) groups is 1. The van der Waals surface area contributed by atoms with Crippen molar-refractivity contribution in [1.29, 1.82) is 0 Å². The molecule has 2 heterocycles. The number of anilines is 1. The Kier molecular flexibility index (Phi) is 3.96. The van der Waals surface area contributed by atoms with Crippen molar-refractivity contribution in [2.45, 2.75) is 25.8 Å². The molecule has 0 saturated carbocycles.